The number of hydrogen-bond donors (Lipinski definition) is 0. The summed E-state index contributed by atoms with van der Waals surface area (Å²) in [4.78, 5) is 18.2. The molecule has 0 fully saturated rings. The van der Waals surface area contributed by atoms with Crippen molar-refractivity contribution in [2.45, 2.75) is 24.4 Å². The fourth-order valence-electron chi connectivity index (χ4n) is 3.96. The molecular formula is C21H23N5O3S2. The Hall–Kier alpha value is -2.24. The van der Waals surface area contributed by atoms with Crippen molar-refractivity contribution >= 4 is 39.1 Å². The highest BCUT2D eigenvalue weighted by Crippen LogP contribution is 2.35. The minimum absolute atomic E-state index is 0.0358. The van der Waals surface area contributed by atoms with Crippen LogP contribution in [-0.4, -0.2) is 63.9 Å². The normalized spacial score (nSPS) is 14.7. The number of nitrogens with zero attached hydrogens (tertiary/aromatic N) is 5. The fourth-order valence-corrected chi connectivity index (χ4v) is 6.39. The van der Waals surface area contributed by atoms with E-state index in [0.29, 0.717) is 11.5 Å². The third-order valence-corrected chi connectivity index (χ3v) is 7.72. The summed E-state index contributed by atoms with van der Waals surface area (Å²) in [5.74, 6) is 1.08. The molecule has 4 aromatic rings. The first-order chi connectivity index (χ1) is 15.1. The van der Waals surface area contributed by atoms with Gasteiger partial charge in [0.25, 0.3) is 5.56 Å². The van der Waals surface area contributed by atoms with E-state index in [9.17, 15) is 4.79 Å². The SMILES string of the molecule is COC(CSc1nnc2n(-c3ccccc3)c(=O)c3c4c(sc3n12)CN(C)CC4)OC. The molecule has 5 rings (SSSR count). The number of benzene rings is 1. The number of rotatable bonds is 6. The quantitative estimate of drug-likeness (QED) is 0.326. The zero-order chi connectivity index (χ0) is 21.5. The van der Waals surface area contributed by atoms with Crippen LogP contribution in [0.15, 0.2) is 40.3 Å². The molecule has 8 nitrogen and oxygen atoms in total. The molecule has 1 aliphatic rings. The van der Waals surface area contributed by atoms with Crippen molar-refractivity contribution in [3.8, 4) is 5.69 Å². The topological polar surface area (TPSA) is 73.9 Å². The van der Waals surface area contributed by atoms with Gasteiger partial charge in [-0.05, 0) is 31.2 Å². The van der Waals surface area contributed by atoms with Crippen LogP contribution >= 0.6 is 23.1 Å². The minimum atomic E-state index is -0.349. The Balaban J connectivity index is 1.79. The maximum absolute atomic E-state index is 13.8. The summed E-state index contributed by atoms with van der Waals surface area (Å²) in [6.07, 6.45) is 0.513. The van der Waals surface area contributed by atoms with E-state index in [-0.39, 0.29) is 11.8 Å². The molecule has 10 heteroatoms. The van der Waals surface area contributed by atoms with Gasteiger partial charge in [0.1, 0.15) is 4.83 Å². The van der Waals surface area contributed by atoms with E-state index in [2.05, 4.69) is 22.1 Å². The molecule has 0 saturated heterocycles. The van der Waals surface area contributed by atoms with Gasteiger partial charge in [-0.25, -0.2) is 8.97 Å². The van der Waals surface area contributed by atoms with Gasteiger partial charge >= 0.3 is 0 Å². The van der Waals surface area contributed by atoms with E-state index in [1.165, 1.54) is 16.6 Å². The largest absolute Gasteiger partial charge is 0.355 e. The van der Waals surface area contributed by atoms with Crippen LogP contribution in [0.25, 0.3) is 21.7 Å². The number of fused-ring (bicyclic) bond motifs is 5. The maximum Gasteiger partial charge on any atom is 0.268 e. The molecule has 0 spiro atoms. The molecule has 0 atom stereocenters. The van der Waals surface area contributed by atoms with E-state index in [0.717, 1.165) is 46.1 Å². The van der Waals surface area contributed by atoms with Crippen LogP contribution in [0.5, 0.6) is 0 Å². The molecule has 0 radical (unpaired) electrons. The van der Waals surface area contributed by atoms with Crippen molar-refractivity contribution in [1.29, 1.82) is 0 Å². The number of thiophene rings is 1. The zero-order valence-corrected chi connectivity index (χ0v) is 19.2. The van der Waals surface area contributed by atoms with E-state index in [1.54, 1.807) is 30.1 Å². The molecule has 1 aliphatic heterocycles. The number of ether oxygens (including phenoxy) is 2. The van der Waals surface area contributed by atoms with Gasteiger partial charge in [0.2, 0.25) is 5.78 Å². The van der Waals surface area contributed by atoms with Crippen LogP contribution in [-0.2, 0) is 22.4 Å². The first-order valence-corrected chi connectivity index (χ1v) is 11.8. The predicted octanol–water partition coefficient (Wildman–Crippen LogP) is 2.79. The molecule has 0 aliphatic carbocycles. The lowest BCUT2D eigenvalue weighted by Crippen LogP contribution is -2.27. The smallest absolute Gasteiger partial charge is 0.268 e. The molecule has 0 N–H and O–H groups in total. The number of hydrogen-bond acceptors (Lipinski definition) is 8. The van der Waals surface area contributed by atoms with E-state index in [4.69, 9.17) is 9.47 Å². The molecule has 31 heavy (non-hydrogen) atoms. The summed E-state index contributed by atoms with van der Waals surface area (Å²) < 4.78 is 14.3. The van der Waals surface area contributed by atoms with Crippen molar-refractivity contribution in [2.24, 2.45) is 0 Å². The fraction of sp³-hybridized carbons (Fsp3) is 0.381. The maximum atomic E-state index is 13.8. The lowest BCUT2D eigenvalue weighted by atomic mass is 10.1. The Morgan fingerprint density at radius 1 is 1.19 bits per heavy atom. The summed E-state index contributed by atoms with van der Waals surface area (Å²) in [5, 5.41) is 10.4. The molecule has 0 amide bonds. The van der Waals surface area contributed by atoms with Crippen molar-refractivity contribution in [1.82, 2.24) is 24.1 Å². The van der Waals surface area contributed by atoms with Gasteiger partial charge in [-0.1, -0.05) is 30.0 Å². The summed E-state index contributed by atoms with van der Waals surface area (Å²) >= 11 is 3.17. The van der Waals surface area contributed by atoms with Gasteiger partial charge in [0, 0.05) is 32.2 Å². The van der Waals surface area contributed by atoms with Crippen LogP contribution in [0.2, 0.25) is 0 Å². The molecular weight excluding hydrogens is 434 g/mol. The number of para-hydroxylation sites is 1. The second-order valence-corrected chi connectivity index (χ2v) is 9.55. The van der Waals surface area contributed by atoms with E-state index < -0.39 is 0 Å². The lowest BCUT2D eigenvalue weighted by molar-refractivity contribution is -0.0842. The van der Waals surface area contributed by atoms with Crippen LogP contribution in [0.4, 0.5) is 0 Å². The average molecular weight is 458 g/mol. The molecule has 162 valence electrons. The highest BCUT2D eigenvalue weighted by atomic mass is 32.2. The van der Waals surface area contributed by atoms with Crippen LogP contribution in [0.1, 0.15) is 10.4 Å². The monoisotopic (exact) mass is 457 g/mol. The van der Waals surface area contributed by atoms with Gasteiger partial charge in [-0.15, -0.1) is 21.5 Å². The van der Waals surface area contributed by atoms with Gasteiger partial charge in [-0.2, -0.15) is 0 Å². The number of methoxy groups -OCH3 is 2. The van der Waals surface area contributed by atoms with Gasteiger partial charge in [-0.3, -0.25) is 4.79 Å². The Morgan fingerprint density at radius 2 is 1.97 bits per heavy atom. The molecule has 3 aromatic heterocycles. The molecule has 0 bridgehead atoms. The lowest BCUT2D eigenvalue weighted by Gasteiger charge is -2.21. The Kier molecular flexibility index (Phi) is 5.57. The second kappa shape index (κ2) is 8.36. The number of thioether (sulfide) groups is 1. The number of likely N-dealkylation sites (N-methyl/N-ethyl adjacent to an activating group) is 1. The molecule has 4 heterocycles. The van der Waals surface area contributed by atoms with E-state index in [1.807, 2.05) is 34.7 Å². The summed E-state index contributed by atoms with van der Waals surface area (Å²) in [7, 11) is 5.35. The minimum Gasteiger partial charge on any atom is -0.355 e. The summed E-state index contributed by atoms with van der Waals surface area (Å²) in [5.41, 5.74) is 1.90. The third kappa shape index (κ3) is 3.48. The first-order valence-electron chi connectivity index (χ1n) is 9.99. The third-order valence-electron chi connectivity index (χ3n) is 5.55. The van der Waals surface area contributed by atoms with Gasteiger partial charge in [0.05, 0.1) is 16.8 Å². The Morgan fingerprint density at radius 3 is 2.71 bits per heavy atom. The van der Waals surface area contributed by atoms with Gasteiger partial charge in [0.15, 0.2) is 11.4 Å². The summed E-state index contributed by atoms with van der Waals surface area (Å²) in [6.45, 7) is 1.79. The highest BCUT2D eigenvalue weighted by molar-refractivity contribution is 7.99. The zero-order valence-electron chi connectivity index (χ0n) is 17.6. The Bertz CT molecular complexity index is 1290. The van der Waals surface area contributed by atoms with Crippen molar-refractivity contribution in [3.63, 3.8) is 0 Å². The molecule has 1 aromatic carbocycles. The van der Waals surface area contributed by atoms with Crippen LogP contribution in [0.3, 0.4) is 0 Å². The van der Waals surface area contributed by atoms with Gasteiger partial charge < -0.3 is 14.4 Å². The molecule has 0 saturated carbocycles. The first kappa shape index (κ1) is 20.7. The van der Waals surface area contributed by atoms with Crippen molar-refractivity contribution < 1.29 is 9.47 Å². The highest BCUT2D eigenvalue weighted by Gasteiger charge is 2.27. The van der Waals surface area contributed by atoms with Crippen molar-refractivity contribution in [3.05, 3.63) is 51.1 Å². The van der Waals surface area contributed by atoms with Crippen LogP contribution < -0.4 is 5.56 Å². The van der Waals surface area contributed by atoms with Crippen LogP contribution in [0, 0.1) is 0 Å². The van der Waals surface area contributed by atoms with E-state index >= 15 is 0 Å². The average Bonchev–Trinajstić information content (AvgIpc) is 3.36. The number of aromatic nitrogens is 4. The Labute approximate surface area is 187 Å². The summed E-state index contributed by atoms with van der Waals surface area (Å²) in [6, 6.07) is 9.64. The second-order valence-electron chi connectivity index (χ2n) is 7.48. The standard InChI is InChI=1S/C21H23N5O3S2/c1-24-10-9-14-15(11-24)31-19-17(14)18(27)25(13-7-5-4-6-8-13)20-22-23-21(26(19)20)30-12-16(28-2)29-3/h4-8,16H,9-12H2,1-3H3. The predicted molar refractivity (Wildman–Crippen MR) is 123 cm³/mol. The van der Waals surface area contributed by atoms with Crippen molar-refractivity contribution in [2.75, 3.05) is 33.6 Å². The molecule has 0 unspecified atom stereocenters.